The second kappa shape index (κ2) is 10.1. The van der Waals surface area contributed by atoms with Crippen LogP contribution >= 0.6 is 11.6 Å². The minimum atomic E-state index is -4.81. The molecule has 0 saturated carbocycles. The molecule has 0 aliphatic carbocycles. The molecular formula is C22H17ClF4N4O4S. The highest BCUT2D eigenvalue weighted by molar-refractivity contribution is 7.92. The third kappa shape index (κ3) is 5.91. The molecule has 1 heterocycles. The third-order valence-corrected chi connectivity index (χ3v) is 6.40. The van der Waals surface area contributed by atoms with Crippen molar-refractivity contribution in [1.82, 2.24) is 10.3 Å². The zero-order chi connectivity index (χ0) is 26.8. The van der Waals surface area contributed by atoms with Gasteiger partial charge in [0.05, 0.1) is 26.7 Å². The minimum Gasteiger partial charge on any atom is -0.341 e. The Morgan fingerprint density at radius 3 is 2.39 bits per heavy atom. The molecular weight excluding hydrogens is 528 g/mol. The van der Waals surface area contributed by atoms with Gasteiger partial charge in [0, 0.05) is 18.9 Å². The van der Waals surface area contributed by atoms with Crippen LogP contribution in [0.25, 0.3) is 0 Å². The molecule has 0 atom stereocenters. The Bertz CT molecular complexity index is 1460. The number of halogens is 5. The van der Waals surface area contributed by atoms with E-state index >= 15 is 0 Å². The number of amides is 2. The lowest BCUT2D eigenvalue weighted by Gasteiger charge is -2.15. The summed E-state index contributed by atoms with van der Waals surface area (Å²) in [7, 11) is -3.33. The Morgan fingerprint density at radius 2 is 1.75 bits per heavy atom. The summed E-state index contributed by atoms with van der Waals surface area (Å²) in [6, 6.07) is 5.86. The van der Waals surface area contributed by atoms with Crippen LogP contribution in [0.2, 0.25) is 5.02 Å². The first-order valence-electron chi connectivity index (χ1n) is 9.92. The van der Waals surface area contributed by atoms with Crippen LogP contribution in [0.3, 0.4) is 0 Å². The summed E-state index contributed by atoms with van der Waals surface area (Å²) in [5.41, 5.74) is -2.94. The fourth-order valence-electron chi connectivity index (χ4n) is 3.07. The first-order chi connectivity index (χ1) is 16.7. The number of alkyl halides is 3. The number of aromatic nitrogens is 1. The number of ketones is 1. The van der Waals surface area contributed by atoms with Gasteiger partial charge in [-0.05, 0) is 48.9 Å². The Morgan fingerprint density at radius 1 is 1.06 bits per heavy atom. The van der Waals surface area contributed by atoms with Gasteiger partial charge in [-0.15, -0.1) is 0 Å². The largest absolute Gasteiger partial charge is 0.416 e. The standard InChI is InChI=1S/C22H17ClF4N4O4S/c1-11-3-5-14(9-16(11)22(25,26)27)36(34,35)31-18-7-12(23)10-29-19(18)20(32)15-8-13(4-6-17(15)24)30-21(33)28-2/h3-10,31H,1-2H3,(H2,28,30,33). The molecule has 2 amide bonds. The Labute approximate surface area is 207 Å². The number of hydrogen-bond donors (Lipinski definition) is 3. The highest BCUT2D eigenvalue weighted by Crippen LogP contribution is 2.34. The molecule has 190 valence electrons. The number of urea groups is 1. The number of aryl methyl sites for hydroxylation is 1. The number of hydrogen-bond acceptors (Lipinski definition) is 5. The van der Waals surface area contributed by atoms with Crippen molar-refractivity contribution >= 4 is 44.8 Å². The molecule has 0 bridgehead atoms. The number of rotatable bonds is 6. The first-order valence-corrected chi connectivity index (χ1v) is 11.8. The minimum absolute atomic E-state index is 0.0505. The average molecular weight is 545 g/mol. The summed E-state index contributed by atoms with van der Waals surface area (Å²) in [5.74, 6) is -2.08. The van der Waals surface area contributed by atoms with Gasteiger partial charge < -0.3 is 10.6 Å². The van der Waals surface area contributed by atoms with E-state index in [1.807, 2.05) is 4.72 Å². The van der Waals surface area contributed by atoms with E-state index in [1.54, 1.807) is 0 Å². The maximum Gasteiger partial charge on any atom is 0.416 e. The number of pyridine rings is 1. The van der Waals surface area contributed by atoms with E-state index in [9.17, 15) is 35.6 Å². The van der Waals surface area contributed by atoms with Gasteiger partial charge in [-0.3, -0.25) is 9.52 Å². The molecule has 0 spiro atoms. The smallest absolute Gasteiger partial charge is 0.341 e. The van der Waals surface area contributed by atoms with Gasteiger partial charge >= 0.3 is 12.2 Å². The second-order valence-corrected chi connectivity index (χ2v) is 9.48. The molecule has 0 aliphatic heterocycles. The van der Waals surface area contributed by atoms with Gasteiger partial charge in [0.1, 0.15) is 11.5 Å². The Balaban J connectivity index is 2.04. The number of carbonyl (C=O) groups is 2. The molecule has 14 heteroatoms. The van der Waals surface area contributed by atoms with Gasteiger partial charge in [0.25, 0.3) is 10.0 Å². The summed E-state index contributed by atoms with van der Waals surface area (Å²) in [5, 5.41) is 4.52. The molecule has 36 heavy (non-hydrogen) atoms. The van der Waals surface area contributed by atoms with Gasteiger partial charge in [0.2, 0.25) is 5.78 Å². The first kappa shape index (κ1) is 26.9. The quantitative estimate of drug-likeness (QED) is 0.299. The van der Waals surface area contributed by atoms with Crippen molar-refractivity contribution in [2.75, 3.05) is 17.1 Å². The van der Waals surface area contributed by atoms with Crippen LogP contribution in [0.4, 0.5) is 33.7 Å². The fraction of sp³-hybridized carbons (Fsp3) is 0.136. The zero-order valence-electron chi connectivity index (χ0n) is 18.5. The molecule has 2 aromatic carbocycles. The molecule has 1 aromatic heterocycles. The molecule has 8 nitrogen and oxygen atoms in total. The van der Waals surface area contributed by atoms with Crippen LogP contribution in [0, 0.1) is 12.7 Å². The van der Waals surface area contributed by atoms with Gasteiger partial charge in [-0.2, -0.15) is 13.2 Å². The summed E-state index contributed by atoms with van der Waals surface area (Å²) < 4.78 is 82.1. The molecule has 0 unspecified atom stereocenters. The number of carbonyl (C=O) groups excluding carboxylic acids is 2. The van der Waals surface area contributed by atoms with Crippen molar-refractivity contribution in [3.8, 4) is 0 Å². The summed E-state index contributed by atoms with van der Waals surface area (Å²) in [6.07, 6.45) is -3.80. The number of benzene rings is 2. The van der Waals surface area contributed by atoms with Crippen LogP contribution in [0.1, 0.15) is 27.2 Å². The maximum atomic E-state index is 14.5. The highest BCUT2D eigenvalue weighted by Gasteiger charge is 2.34. The van der Waals surface area contributed by atoms with Crippen molar-refractivity contribution in [2.45, 2.75) is 18.0 Å². The molecule has 3 N–H and O–H groups in total. The van der Waals surface area contributed by atoms with Crippen LogP contribution in [-0.2, 0) is 16.2 Å². The van der Waals surface area contributed by atoms with Crippen molar-refractivity contribution in [3.63, 3.8) is 0 Å². The topological polar surface area (TPSA) is 117 Å². The lowest BCUT2D eigenvalue weighted by molar-refractivity contribution is -0.138. The van der Waals surface area contributed by atoms with Gasteiger partial charge in [-0.25, -0.2) is 22.6 Å². The van der Waals surface area contributed by atoms with Crippen molar-refractivity contribution in [3.05, 3.63) is 81.9 Å². The van der Waals surface area contributed by atoms with E-state index in [4.69, 9.17) is 11.6 Å². The molecule has 0 radical (unpaired) electrons. The maximum absolute atomic E-state index is 14.5. The predicted octanol–water partition coefficient (Wildman–Crippen LogP) is 4.98. The summed E-state index contributed by atoms with van der Waals surface area (Å²) >= 11 is 5.89. The lowest BCUT2D eigenvalue weighted by Crippen LogP contribution is -2.24. The molecule has 0 saturated heterocycles. The highest BCUT2D eigenvalue weighted by atomic mass is 35.5. The van der Waals surface area contributed by atoms with Crippen molar-refractivity contribution < 1.29 is 35.6 Å². The van der Waals surface area contributed by atoms with E-state index in [-0.39, 0.29) is 16.3 Å². The fourth-order valence-corrected chi connectivity index (χ4v) is 4.31. The SMILES string of the molecule is CNC(=O)Nc1ccc(F)c(C(=O)c2ncc(Cl)cc2NS(=O)(=O)c2ccc(C)c(C(F)(F)F)c2)c1. The zero-order valence-corrected chi connectivity index (χ0v) is 20.1. The van der Waals surface area contributed by atoms with E-state index in [0.717, 1.165) is 36.5 Å². The normalized spacial score (nSPS) is 11.6. The van der Waals surface area contributed by atoms with E-state index in [0.29, 0.717) is 6.07 Å². The summed E-state index contributed by atoms with van der Waals surface area (Å²) in [6.45, 7) is 1.17. The third-order valence-electron chi connectivity index (χ3n) is 4.83. The number of nitrogens with zero attached hydrogens (tertiary/aromatic N) is 1. The van der Waals surface area contributed by atoms with Crippen LogP contribution < -0.4 is 15.4 Å². The molecule has 3 aromatic rings. The lowest BCUT2D eigenvalue weighted by atomic mass is 10.1. The average Bonchev–Trinajstić information content (AvgIpc) is 2.79. The van der Waals surface area contributed by atoms with Crippen molar-refractivity contribution in [1.29, 1.82) is 0 Å². The van der Waals surface area contributed by atoms with E-state index in [1.165, 1.54) is 20.0 Å². The van der Waals surface area contributed by atoms with Gasteiger partial charge in [-0.1, -0.05) is 17.7 Å². The number of anilines is 2. The van der Waals surface area contributed by atoms with Crippen LogP contribution in [0.5, 0.6) is 0 Å². The molecule has 3 rings (SSSR count). The predicted molar refractivity (Wildman–Crippen MR) is 124 cm³/mol. The monoisotopic (exact) mass is 544 g/mol. The number of sulfonamides is 1. The van der Waals surface area contributed by atoms with Crippen molar-refractivity contribution in [2.24, 2.45) is 0 Å². The van der Waals surface area contributed by atoms with Gasteiger partial charge in [0.15, 0.2) is 0 Å². The van der Waals surface area contributed by atoms with E-state index in [2.05, 4.69) is 15.6 Å². The molecule has 0 fully saturated rings. The second-order valence-electron chi connectivity index (χ2n) is 7.36. The van der Waals surface area contributed by atoms with Crippen LogP contribution in [-0.4, -0.2) is 32.3 Å². The Kier molecular flexibility index (Phi) is 7.55. The Hall–Kier alpha value is -3.71. The van der Waals surface area contributed by atoms with Crippen LogP contribution in [0.15, 0.2) is 53.6 Å². The summed E-state index contributed by atoms with van der Waals surface area (Å²) in [4.78, 5) is 27.7. The molecule has 0 aliphatic rings. The number of nitrogens with one attached hydrogen (secondary N) is 3. The van der Waals surface area contributed by atoms with E-state index < -0.39 is 61.2 Å².